The highest BCUT2D eigenvalue weighted by atomic mass is 32.1. The van der Waals surface area contributed by atoms with Crippen LogP contribution in [0.15, 0.2) is 6.20 Å². The first-order valence-electron chi connectivity index (χ1n) is 6.58. The van der Waals surface area contributed by atoms with Crippen molar-refractivity contribution in [3.05, 3.63) is 16.1 Å². The fourth-order valence-corrected chi connectivity index (χ4v) is 2.65. The van der Waals surface area contributed by atoms with E-state index >= 15 is 0 Å². The first-order valence-corrected chi connectivity index (χ1v) is 7.40. The van der Waals surface area contributed by atoms with E-state index in [1.54, 1.807) is 11.3 Å². The van der Waals surface area contributed by atoms with Crippen LogP contribution in [0, 0.1) is 0 Å². The van der Waals surface area contributed by atoms with Crippen LogP contribution in [0.4, 0.5) is 0 Å². The number of rotatable bonds is 9. The molecule has 1 unspecified atom stereocenters. The number of ether oxygens (including phenoxy) is 1. The topological polar surface area (TPSA) is 34.2 Å². The number of aromatic nitrogens is 1. The summed E-state index contributed by atoms with van der Waals surface area (Å²) in [5, 5.41) is 4.52. The minimum atomic E-state index is 0.190. The van der Waals surface area contributed by atoms with Crippen LogP contribution in [-0.4, -0.2) is 18.1 Å². The van der Waals surface area contributed by atoms with Crippen LogP contribution >= 0.6 is 11.3 Å². The molecule has 0 saturated heterocycles. The van der Waals surface area contributed by atoms with Gasteiger partial charge in [-0.05, 0) is 26.3 Å². The summed E-state index contributed by atoms with van der Waals surface area (Å²) < 4.78 is 5.73. The Balaban J connectivity index is 2.51. The largest absolute Gasteiger partial charge is 0.371 e. The van der Waals surface area contributed by atoms with Crippen LogP contribution in [0.3, 0.4) is 0 Å². The number of nitrogens with zero attached hydrogens (tertiary/aromatic N) is 1. The normalized spacial score (nSPS) is 12.9. The summed E-state index contributed by atoms with van der Waals surface area (Å²) in [4.78, 5) is 5.79. The monoisotopic (exact) mass is 256 g/mol. The summed E-state index contributed by atoms with van der Waals surface area (Å²) in [5.74, 6) is 0. The van der Waals surface area contributed by atoms with Crippen molar-refractivity contribution in [2.75, 3.05) is 13.2 Å². The molecule has 0 saturated carbocycles. The lowest BCUT2D eigenvalue weighted by molar-refractivity contribution is 0.0555. The second-order valence-electron chi connectivity index (χ2n) is 4.07. The Hall–Kier alpha value is -0.450. The van der Waals surface area contributed by atoms with Crippen LogP contribution in [0.25, 0.3) is 0 Å². The molecule has 1 aromatic heterocycles. The molecule has 0 aliphatic rings. The van der Waals surface area contributed by atoms with E-state index in [1.807, 2.05) is 13.1 Å². The Morgan fingerprint density at radius 2 is 2.18 bits per heavy atom. The number of nitrogens with one attached hydrogen (secondary N) is 1. The van der Waals surface area contributed by atoms with Gasteiger partial charge in [-0.2, -0.15) is 0 Å². The molecule has 1 aromatic rings. The van der Waals surface area contributed by atoms with E-state index < -0.39 is 0 Å². The fraction of sp³-hybridized carbons (Fsp3) is 0.769. The standard InChI is InChI=1S/C13H24N2OS/c1-4-7-12(16-6-3)13-15-10-11(17-13)9-14-8-5-2/h10,12,14H,4-9H2,1-3H3. The molecule has 1 rings (SSSR count). The third-order valence-corrected chi connectivity index (χ3v) is 3.58. The van der Waals surface area contributed by atoms with Crippen LogP contribution in [-0.2, 0) is 11.3 Å². The van der Waals surface area contributed by atoms with E-state index in [1.165, 1.54) is 11.3 Å². The summed E-state index contributed by atoms with van der Waals surface area (Å²) in [5.41, 5.74) is 0. The fourth-order valence-electron chi connectivity index (χ4n) is 1.68. The van der Waals surface area contributed by atoms with Crippen molar-refractivity contribution >= 4 is 11.3 Å². The summed E-state index contributed by atoms with van der Waals surface area (Å²) in [7, 11) is 0. The maximum absolute atomic E-state index is 5.73. The van der Waals surface area contributed by atoms with Gasteiger partial charge < -0.3 is 10.1 Å². The highest BCUT2D eigenvalue weighted by molar-refractivity contribution is 7.11. The smallest absolute Gasteiger partial charge is 0.122 e. The van der Waals surface area contributed by atoms with Gasteiger partial charge in [-0.25, -0.2) is 4.98 Å². The van der Waals surface area contributed by atoms with Gasteiger partial charge in [0.05, 0.1) is 0 Å². The maximum Gasteiger partial charge on any atom is 0.122 e. The van der Waals surface area contributed by atoms with E-state index in [2.05, 4.69) is 24.1 Å². The van der Waals surface area contributed by atoms with Gasteiger partial charge >= 0.3 is 0 Å². The lowest BCUT2D eigenvalue weighted by atomic mass is 10.2. The van der Waals surface area contributed by atoms with Gasteiger partial charge in [0, 0.05) is 24.2 Å². The molecule has 4 heteroatoms. The predicted molar refractivity (Wildman–Crippen MR) is 73.4 cm³/mol. The Morgan fingerprint density at radius 3 is 2.82 bits per heavy atom. The van der Waals surface area contributed by atoms with E-state index in [-0.39, 0.29) is 6.10 Å². The molecule has 1 heterocycles. The lowest BCUT2D eigenvalue weighted by Crippen LogP contribution is -2.12. The molecule has 0 amide bonds. The van der Waals surface area contributed by atoms with Gasteiger partial charge in [-0.15, -0.1) is 11.3 Å². The Labute approximate surface area is 109 Å². The van der Waals surface area contributed by atoms with Gasteiger partial charge in [-0.1, -0.05) is 20.3 Å². The summed E-state index contributed by atoms with van der Waals surface area (Å²) in [6.07, 6.45) is 5.53. The second-order valence-corrected chi connectivity index (χ2v) is 5.22. The predicted octanol–water partition coefficient (Wildman–Crippen LogP) is 3.52. The van der Waals surface area contributed by atoms with Crippen molar-refractivity contribution < 1.29 is 4.74 Å². The van der Waals surface area contributed by atoms with Gasteiger partial charge in [0.2, 0.25) is 0 Å². The second kappa shape index (κ2) is 8.61. The SMILES string of the molecule is CCCNCc1cnc(C(CCC)OCC)s1. The minimum Gasteiger partial charge on any atom is -0.371 e. The van der Waals surface area contributed by atoms with Gasteiger partial charge in [0.25, 0.3) is 0 Å². The summed E-state index contributed by atoms with van der Waals surface area (Å²) >= 11 is 1.77. The molecule has 98 valence electrons. The van der Waals surface area contributed by atoms with Gasteiger partial charge in [0.1, 0.15) is 11.1 Å². The minimum absolute atomic E-state index is 0.190. The molecular formula is C13H24N2OS. The molecule has 17 heavy (non-hydrogen) atoms. The first-order chi connectivity index (χ1) is 8.31. The molecule has 1 atom stereocenters. The van der Waals surface area contributed by atoms with Crippen molar-refractivity contribution in [2.45, 2.75) is 52.7 Å². The molecule has 0 bridgehead atoms. The number of thiazole rings is 1. The zero-order valence-electron chi connectivity index (χ0n) is 11.2. The zero-order chi connectivity index (χ0) is 12.5. The van der Waals surface area contributed by atoms with Crippen molar-refractivity contribution in [1.29, 1.82) is 0 Å². The molecule has 0 aromatic carbocycles. The van der Waals surface area contributed by atoms with Crippen molar-refractivity contribution in [1.82, 2.24) is 10.3 Å². The zero-order valence-corrected chi connectivity index (χ0v) is 12.0. The van der Waals surface area contributed by atoms with Gasteiger partial charge in [0.15, 0.2) is 0 Å². The van der Waals surface area contributed by atoms with E-state index in [9.17, 15) is 0 Å². The van der Waals surface area contributed by atoms with Crippen molar-refractivity contribution in [3.8, 4) is 0 Å². The lowest BCUT2D eigenvalue weighted by Gasteiger charge is -2.12. The third-order valence-electron chi connectivity index (χ3n) is 2.49. The van der Waals surface area contributed by atoms with Crippen LogP contribution < -0.4 is 5.32 Å². The van der Waals surface area contributed by atoms with E-state index in [0.29, 0.717) is 0 Å². The molecular weight excluding hydrogens is 232 g/mol. The van der Waals surface area contributed by atoms with Crippen LogP contribution in [0.2, 0.25) is 0 Å². The summed E-state index contributed by atoms with van der Waals surface area (Å²) in [6.45, 7) is 9.15. The van der Waals surface area contributed by atoms with E-state index in [0.717, 1.165) is 37.5 Å². The maximum atomic E-state index is 5.73. The highest BCUT2D eigenvalue weighted by Gasteiger charge is 2.14. The molecule has 0 radical (unpaired) electrons. The molecule has 3 nitrogen and oxygen atoms in total. The molecule has 0 aliphatic carbocycles. The summed E-state index contributed by atoms with van der Waals surface area (Å²) in [6, 6.07) is 0. The highest BCUT2D eigenvalue weighted by Crippen LogP contribution is 2.26. The quantitative estimate of drug-likeness (QED) is 0.686. The average molecular weight is 256 g/mol. The van der Waals surface area contributed by atoms with Crippen molar-refractivity contribution in [2.24, 2.45) is 0 Å². The number of hydrogen-bond donors (Lipinski definition) is 1. The van der Waals surface area contributed by atoms with Crippen molar-refractivity contribution in [3.63, 3.8) is 0 Å². The van der Waals surface area contributed by atoms with Gasteiger partial charge in [-0.3, -0.25) is 0 Å². The Kier molecular flexibility index (Phi) is 7.40. The molecule has 1 N–H and O–H groups in total. The van der Waals surface area contributed by atoms with Crippen LogP contribution in [0.5, 0.6) is 0 Å². The Bertz CT molecular complexity index is 295. The average Bonchev–Trinajstić information content (AvgIpc) is 2.78. The molecule has 0 fully saturated rings. The molecule has 0 aliphatic heterocycles. The third kappa shape index (κ3) is 5.15. The van der Waals surface area contributed by atoms with Crippen LogP contribution in [0.1, 0.15) is 56.0 Å². The van der Waals surface area contributed by atoms with E-state index in [4.69, 9.17) is 4.74 Å². The molecule has 0 spiro atoms. The Morgan fingerprint density at radius 1 is 1.35 bits per heavy atom. The number of hydrogen-bond acceptors (Lipinski definition) is 4. The first kappa shape index (κ1) is 14.6.